The quantitative estimate of drug-likeness (QED) is 0.744. The third-order valence-electron chi connectivity index (χ3n) is 5.26. The smallest absolute Gasteiger partial charge is 0.414 e. The van der Waals surface area contributed by atoms with E-state index >= 15 is 0 Å². The highest BCUT2D eigenvalue weighted by molar-refractivity contribution is 7.91. The summed E-state index contributed by atoms with van der Waals surface area (Å²) in [4.78, 5) is 13.4. The van der Waals surface area contributed by atoms with Gasteiger partial charge in [0.15, 0.2) is 0 Å². The zero-order chi connectivity index (χ0) is 20.8. The first-order valence-corrected chi connectivity index (χ1v) is 11.1. The summed E-state index contributed by atoms with van der Waals surface area (Å²) in [5, 5.41) is 7.76. The SMILES string of the molecule is Cc1cn(C[C@H]2CN(c3cc(F)c(C4CCS(=O)(=O)CC4)c(F)c3)C(=O)O2)nn1. The first kappa shape index (κ1) is 19.7. The number of hydrogen-bond donors (Lipinski definition) is 0. The monoisotopic (exact) mass is 426 g/mol. The molecule has 1 amide bonds. The number of amides is 1. The fraction of sp³-hybridized carbons (Fsp3) is 0.500. The fourth-order valence-corrected chi connectivity index (χ4v) is 5.31. The summed E-state index contributed by atoms with van der Waals surface area (Å²) < 4.78 is 59.4. The molecule has 0 N–H and O–H groups in total. The molecular formula is C18H20F2N4O4S. The maximum Gasteiger partial charge on any atom is 0.414 e. The number of cyclic esters (lactones) is 1. The average molecular weight is 426 g/mol. The predicted molar refractivity (Wildman–Crippen MR) is 99.4 cm³/mol. The molecule has 2 aliphatic rings. The molecule has 156 valence electrons. The second kappa shape index (κ2) is 7.36. The molecule has 0 spiro atoms. The van der Waals surface area contributed by atoms with Gasteiger partial charge < -0.3 is 4.74 Å². The van der Waals surface area contributed by atoms with Gasteiger partial charge >= 0.3 is 6.09 Å². The Morgan fingerprint density at radius 3 is 2.45 bits per heavy atom. The van der Waals surface area contributed by atoms with E-state index in [9.17, 15) is 22.0 Å². The Morgan fingerprint density at radius 1 is 1.21 bits per heavy atom. The normalized spacial score (nSPS) is 22.1. The van der Waals surface area contributed by atoms with Gasteiger partial charge in [-0.3, -0.25) is 4.90 Å². The molecule has 11 heteroatoms. The topological polar surface area (TPSA) is 94.4 Å². The van der Waals surface area contributed by atoms with E-state index in [0.717, 1.165) is 17.8 Å². The number of aromatic nitrogens is 3. The lowest BCUT2D eigenvalue weighted by Gasteiger charge is -2.24. The number of rotatable bonds is 4. The molecule has 29 heavy (non-hydrogen) atoms. The van der Waals surface area contributed by atoms with Crippen LogP contribution in [0.25, 0.3) is 0 Å². The molecule has 0 bridgehead atoms. The molecule has 2 aliphatic heterocycles. The van der Waals surface area contributed by atoms with Crippen molar-refractivity contribution in [1.29, 1.82) is 0 Å². The van der Waals surface area contributed by atoms with E-state index in [4.69, 9.17) is 4.74 Å². The van der Waals surface area contributed by atoms with Crippen LogP contribution in [0.4, 0.5) is 19.3 Å². The Hall–Kier alpha value is -2.56. The Kier molecular flexibility index (Phi) is 5.01. The molecule has 0 saturated carbocycles. The third-order valence-corrected chi connectivity index (χ3v) is 6.97. The second-order valence-corrected chi connectivity index (χ2v) is 9.75. The van der Waals surface area contributed by atoms with Crippen molar-refractivity contribution in [3.8, 4) is 0 Å². The van der Waals surface area contributed by atoms with Crippen molar-refractivity contribution in [2.75, 3.05) is 23.0 Å². The summed E-state index contributed by atoms with van der Waals surface area (Å²) in [5.41, 5.74) is 0.668. The van der Waals surface area contributed by atoms with Crippen LogP contribution in [-0.4, -0.2) is 53.7 Å². The van der Waals surface area contributed by atoms with Crippen LogP contribution in [0.1, 0.15) is 30.0 Å². The van der Waals surface area contributed by atoms with Crippen molar-refractivity contribution in [1.82, 2.24) is 15.0 Å². The summed E-state index contributed by atoms with van der Waals surface area (Å²) in [6.07, 6.45) is 0.844. The van der Waals surface area contributed by atoms with Gasteiger partial charge in [-0.1, -0.05) is 5.21 Å². The molecule has 4 rings (SSSR count). The lowest BCUT2D eigenvalue weighted by Crippen LogP contribution is -2.27. The number of anilines is 1. The van der Waals surface area contributed by atoms with Crippen LogP contribution in [0.5, 0.6) is 0 Å². The van der Waals surface area contributed by atoms with Crippen LogP contribution in [0, 0.1) is 18.6 Å². The van der Waals surface area contributed by atoms with Crippen molar-refractivity contribution >= 4 is 21.6 Å². The molecule has 0 radical (unpaired) electrons. The van der Waals surface area contributed by atoms with E-state index < -0.39 is 39.6 Å². The minimum atomic E-state index is -3.13. The highest BCUT2D eigenvalue weighted by Gasteiger charge is 2.35. The van der Waals surface area contributed by atoms with E-state index in [1.807, 2.05) is 0 Å². The van der Waals surface area contributed by atoms with E-state index in [2.05, 4.69) is 10.3 Å². The Labute approximate surface area is 166 Å². The minimum Gasteiger partial charge on any atom is -0.442 e. The van der Waals surface area contributed by atoms with Gasteiger partial charge in [-0.2, -0.15) is 0 Å². The van der Waals surface area contributed by atoms with Crippen LogP contribution in [0.2, 0.25) is 0 Å². The lowest BCUT2D eigenvalue weighted by atomic mass is 9.92. The highest BCUT2D eigenvalue weighted by Crippen LogP contribution is 2.35. The Morgan fingerprint density at radius 2 is 1.86 bits per heavy atom. The van der Waals surface area contributed by atoms with Gasteiger partial charge in [0.2, 0.25) is 0 Å². The molecule has 1 aromatic carbocycles. The van der Waals surface area contributed by atoms with Crippen LogP contribution in [0.3, 0.4) is 0 Å². The first-order valence-electron chi connectivity index (χ1n) is 9.26. The fourth-order valence-electron chi connectivity index (χ4n) is 3.82. The molecule has 1 aromatic heterocycles. The van der Waals surface area contributed by atoms with Crippen LogP contribution in [-0.2, 0) is 21.1 Å². The van der Waals surface area contributed by atoms with Crippen molar-refractivity contribution in [2.24, 2.45) is 0 Å². The summed E-state index contributed by atoms with van der Waals surface area (Å²) in [6, 6.07) is 2.20. The molecule has 3 heterocycles. The molecular weight excluding hydrogens is 406 g/mol. The molecule has 2 aromatic rings. The minimum absolute atomic E-state index is 0.0643. The number of halogens is 2. The van der Waals surface area contributed by atoms with E-state index in [1.165, 1.54) is 9.58 Å². The molecule has 2 fully saturated rings. The Bertz CT molecular complexity index is 1020. The van der Waals surface area contributed by atoms with Crippen LogP contribution < -0.4 is 4.90 Å². The van der Waals surface area contributed by atoms with Crippen molar-refractivity contribution < 1.29 is 26.7 Å². The average Bonchev–Trinajstić information content (AvgIpc) is 3.21. The zero-order valence-corrected chi connectivity index (χ0v) is 16.5. The van der Waals surface area contributed by atoms with Crippen LogP contribution in [0.15, 0.2) is 18.3 Å². The zero-order valence-electron chi connectivity index (χ0n) is 15.7. The standard InChI is InChI=1S/C18H20F2N4O4S/c1-11-8-23(22-21-11)9-14-10-24(18(25)28-14)13-6-15(19)17(16(20)7-13)12-2-4-29(26,27)5-3-12/h6-8,12,14H,2-5,9-10H2,1H3/t14-/m0/s1. The first-order chi connectivity index (χ1) is 13.7. The lowest BCUT2D eigenvalue weighted by molar-refractivity contribution is 0.129. The van der Waals surface area contributed by atoms with Gasteiger partial charge in [-0.25, -0.2) is 26.7 Å². The molecule has 8 nitrogen and oxygen atoms in total. The number of aryl methyl sites for hydroxylation is 1. The highest BCUT2D eigenvalue weighted by atomic mass is 32.2. The van der Waals surface area contributed by atoms with Crippen LogP contribution >= 0.6 is 0 Å². The molecule has 0 unspecified atom stereocenters. The van der Waals surface area contributed by atoms with E-state index in [0.29, 0.717) is 0 Å². The van der Waals surface area contributed by atoms with Gasteiger partial charge in [0, 0.05) is 11.8 Å². The maximum absolute atomic E-state index is 14.7. The van der Waals surface area contributed by atoms with Gasteiger partial charge in [0.25, 0.3) is 0 Å². The van der Waals surface area contributed by atoms with Crippen molar-refractivity contribution in [3.05, 3.63) is 41.2 Å². The summed E-state index contributed by atoms with van der Waals surface area (Å²) in [6.45, 7) is 2.19. The van der Waals surface area contributed by atoms with E-state index in [-0.39, 0.29) is 48.7 Å². The maximum atomic E-state index is 14.7. The number of benzene rings is 1. The summed E-state index contributed by atoms with van der Waals surface area (Å²) in [5.74, 6) is -2.23. The number of ether oxygens (including phenoxy) is 1. The number of hydrogen-bond acceptors (Lipinski definition) is 6. The van der Waals surface area contributed by atoms with Crippen molar-refractivity contribution in [3.63, 3.8) is 0 Å². The third kappa shape index (κ3) is 4.09. The predicted octanol–water partition coefficient (Wildman–Crippen LogP) is 2.18. The number of carbonyl (C=O) groups is 1. The number of sulfone groups is 1. The number of nitrogens with zero attached hydrogens (tertiary/aromatic N) is 4. The van der Waals surface area contributed by atoms with E-state index in [1.54, 1.807) is 13.1 Å². The summed E-state index contributed by atoms with van der Waals surface area (Å²) >= 11 is 0. The molecule has 2 saturated heterocycles. The Balaban J connectivity index is 1.51. The molecule has 0 aliphatic carbocycles. The molecule has 1 atom stereocenters. The largest absolute Gasteiger partial charge is 0.442 e. The van der Waals surface area contributed by atoms with Gasteiger partial charge in [0.05, 0.1) is 36.0 Å². The van der Waals surface area contributed by atoms with Gasteiger partial charge in [-0.15, -0.1) is 5.10 Å². The number of carbonyl (C=O) groups excluding carboxylic acids is 1. The van der Waals surface area contributed by atoms with Gasteiger partial charge in [0.1, 0.15) is 27.6 Å². The van der Waals surface area contributed by atoms with Gasteiger partial charge in [-0.05, 0) is 37.8 Å². The second-order valence-electron chi connectivity index (χ2n) is 7.45. The summed E-state index contributed by atoms with van der Waals surface area (Å²) in [7, 11) is -3.13. The van der Waals surface area contributed by atoms with Crippen molar-refractivity contribution in [2.45, 2.75) is 38.3 Å².